The number of para-hydroxylation sites is 1. The maximum absolute atomic E-state index is 14.0. The number of carbonyl (C=O) groups is 2. The summed E-state index contributed by atoms with van der Waals surface area (Å²) in [7, 11) is 2.89. The van der Waals surface area contributed by atoms with E-state index >= 15 is 0 Å². The summed E-state index contributed by atoms with van der Waals surface area (Å²) in [5.41, 5.74) is 2.44. The van der Waals surface area contributed by atoms with Crippen LogP contribution in [-0.2, 0) is 14.3 Å². The Balaban J connectivity index is 1.68. The predicted molar refractivity (Wildman–Crippen MR) is 125 cm³/mol. The van der Waals surface area contributed by atoms with Gasteiger partial charge in [-0.05, 0) is 42.2 Å². The third-order valence-electron chi connectivity index (χ3n) is 5.31. The van der Waals surface area contributed by atoms with Crippen molar-refractivity contribution in [3.8, 4) is 5.75 Å². The van der Waals surface area contributed by atoms with Crippen LogP contribution in [0.15, 0.2) is 75.9 Å². The van der Waals surface area contributed by atoms with Crippen LogP contribution < -0.4 is 10.1 Å². The quantitative estimate of drug-likeness (QED) is 0.625. The Morgan fingerprint density at radius 3 is 2.70 bits per heavy atom. The summed E-state index contributed by atoms with van der Waals surface area (Å²) in [6, 6.07) is 12.8. The lowest BCUT2D eigenvalue weighted by molar-refractivity contribution is -0.136. The molecule has 2 aromatic carbocycles. The maximum atomic E-state index is 14.0. The van der Waals surface area contributed by atoms with E-state index in [2.05, 4.69) is 10.3 Å². The van der Waals surface area contributed by atoms with Gasteiger partial charge in [0.25, 0.3) is 0 Å². The number of methoxy groups -OCH3 is 2. The lowest BCUT2D eigenvalue weighted by Crippen LogP contribution is -2.37. The highest BCUT2D eigenvalue weighted by atomic mass is 32.2. The molecule has 4 rings (SSSR count). The summed E-state index contributed by atoms with van der Waals surface area (Å²) in [6.45, 7) is 1.76. The van der Waals surface area contributed by atoms with Gasteiger partial charge in [-0.15, -0.1) is 0 Å². The molecule has 2 aliphatic heterocycles. The first-order chi connectivity index (χ1) is 15.9. The van der Waals surface area contributed by atoms with Gasteiger partial charge in [-0.2, -0.15) is 0 Å². The van der Waals surface area contributed by atoms with Gasteiger partial charge in [-0.1, -0.05) is 36.0 Å². The summed E-state index contributed by atoms with van der Waals surface area (Å²) < 4.78 is 24.4. The number of fused-ring (bicyclic) bond motifs is 1. The maximum Gasteiger partial charge on any atom is 0.338 e. The standard InChI is InChI=1S/C24H22FN3O4S/c1-14-21(23(30)32-3)22(15-7-6-8-17(11-15)31-2)28-16(13-33-24(28)26-14)12-20(29)27-19-10-5-4-9-18(19)25/h4-11,13,22H,12H2,1-3H3,(H,27,29)/t22-/m0/s1. The molecule has 170 valence electrons. The van der Waals surface area contributed by atoms with Crippen molar-refractivity contribution >= 4 is 34.5 Å². The molecule has 0 unspecified atom stereocenters. The Bertz CT molecular complexity index is 1210. The van der Waals surface area contributed by atoms with Crippen molar-refractivity contribution in [1.29, 1.82) is 0 Å². The van der Waals surface area contributed by atoms with E-state index in [1.807, 2.05) is 34.6 Å². The van der Waals surface area contributed by atoms with Gasteiger partial charge < -0.3 is 19.7 Å². The monoisotopic (exact) mass is 467 g/mol. The molecule has 1 N–H and O–H groups in total. The van der Waals surface area contributed by atoms with Gasteiger partial charge in [-0.25, -0.2) is 14.2 Å². The molecule has 2 aliphatic rings. The molecule has 0 bridgehead atoms. The molecule has 0 aromatic heterocycles. The average Bonchev–Trinajstić information content (AvgIpc) is 3.20. The van der Waals surface area contributed by atoms with E-state index in [4.69, 9.17) is 9.47 Å². The molecule has 0 aliphatic carbocycles. The minimum Gasteiger partial charge on any atom is -0.497 e. The predicted octanol–water partition coefficient (Wildman–Crippen LogP) is 4.61. The molecule has 0 saturated heterocycles. The summed E-state index contributed by atoms with van der Waals surface area (Å²) in [5, 5.41) is 5.07. The zero-order valence-electron chi connectivity index (χ0n) is 18.3. The molecular formula is C24H22FN3O4S. The second-order valence-corrected chi connectivity index (χ2v) is 8.20. The number of hydrogen-bond acceptors (Lipinski definition) is 7. The number of amides is 1. The van der Waals surface area contributed by atoms with Crippen molar-refractivity contribution in [2.45, 2.75) is 19.4 Å². The SMILES string of the molecule is COC(=O)C1=C(C)N=C2SC=C(CC(=O)Nc3ccccc3F)N2[C@H]1c1cccc(OC)c1. The normalized spacial score (nSPS) is 17.2. The molecule has 0 spiro atoms. The Labute approximate surface area is 195 Å². The summed E-state index contributed by atoms with van der Waals surface area (Å²) in [5.74, 6) is -0.770. The summed E-state index contributed by atoms with van der Waals surface area (Å²) in [4.78, 5) is 31.9. The van der Waals surface area contributed by atoms with Crippen LogP contribution in [0.25, 0.3) is 0 Å². The van der Waals surface area contributed by atoms with Crippen molar-refractivity contribution < 1.29 is 23.5 Å². The zero-order valence-corrected chi connectivity index (χ0v) is 19.1. The first-order valence-corrected chi connectivity index (χ1v) is 11.0. The number of rotatable bonds is 6. The largest absolute Gasteiger partial charge is 0.497 e. The van der Waals surface area contributed by atoms with Crippen molar-refractivity contribution in [3.63, 3.8) is 0 Å². The van der Waals surface area contributed by atoms with Crippen LogP contribution in [0, 0.1) is 5.82 Å². The van der Waals surface area contributed by atoms with Gasteiger partial charge in [0.15, 0.2) is 5.17 Å². The average molecular weight is 468 g/mol. The molecule has 33 heavy (non-hydrogen) atoms. The van der Waals surface area contributed by atoms with Crippen molar-refractivity contribution in [1.82, 2.24) is 4.90 Å². The van der Waals surface area contributed by atoms with E-state index in [9.17, 15) is 14.0 Å². The molecule has 0 saturated carbocycles. The number of anilines is 1. The number of hydrogen-bond donors (Lipinski definition) is 1. The molecule has 2 aromatic rings. The van der Waals surface area contributed by atoms with Crippen molar-refractivity contribution in [3.05, 3.63) is 82.3 Å². The fourth-order valence-electron chi connectivity index (χ4n) is 3.79. The highest BCUT2D eigenvalue weighted by Gasteiger charge is 2.41. The first kappa shape index (κ1) is 22.6. The van der Waals surface area contributed by atoms with Crippen LogP contribution in [0.3, 0.4) is 0 Å². The van der Waals surface area contributed by atoms with E-state index in [0.29, 0.717) is 27.9 Å². The van der Waals surface area contributed by atoms with Gasteiger partial charge in [0, 0.05) is 5.70 Å². The number of aliphatic imine (C=N–C) groups is 1. The van der Waals surface area contributed by atoms with Gasteiger partial charge in [-0.3, -0.25) is 4.79 Å². The number of halogens is 1. The molecular weight excluding hydrogens is 445 g/mol. The number of nitrogens with one attached hydrogen (secondary N) is 1. The minimum atomic E-state index is -0.567. The fourth-order valence-corrected chi connectivity index (χ4v) is 4.75. The van der Waals surface area contributed by atoms with Gasteiger partial charge in [0.1, 0.15) is 11.6 Å². The molecule has 0 radical (unpaired) electrons. The van der Waals surface area contributed by atoms with E-state index < -0.39 is 17.8 Å². The Kier molecular flexibility index (Phi) is 6.50. The van der Waals surface area contributed by atoms with Gasteiger partial charge in [0.05, 0.1) is 43.6 Å². The van der Waals surface area contributed by atoms with Crippen LogP contribution in [0.4, 0.5) is 10.1 Å². The van der Waals surface area contributed by atoms with Crippen molar-refractivity contribution in [2.24, 2.45) is 4.99 Å². The molecule has 7 nitrogen and oxygen atoms in total. The van der Waals surface area contributed by atoms with Crippen LogP contribution >= 0.6 is 11.8 Å². The molecule has 1 atom stereocenters. The number of esters is 1. The van der Waals surface area contributed by atoms with E-state index in [1.165, 1.54) is 31.0 Å². The van der Waals surface area contributed by atoms with Gasteiger partial charge in [0.2, 0.25) is 5.91 Å². The number of benzene rings is 2. The van der Waals surface area contributed by atoms with E-state index in [0.717, 1.165) is 5.56 Å². The molecule has 2 heterocycles. The number of carbonyl (C=O) groups excluding carboxylic acids is 2. The van der Waals surface area contributed by atoms with Crippen molar-refractivity contribution in [2.75, 3.05) is 19.5 Å². The number of amidine groups is 1. The van der Waals surface area contributed by atoms with Crippen LogP contribution in [0.5, 0.6) is 5.75 Å². The van der Waals surface area contributed by atoms with E-state index in [-0.39, 0.29) is 18.0 Å². The number of ether oxygens (including phenoxy) is 2. The zero-order chi connectivity index (χ0) is 23.5. The highest BCUT2D eigenvalue weighted by Crippen LogP contribution is 2.45. The fraction of sp³-hybridized carbons (Fsp3) is 0.208. The second kappa shape index (κ2) is 9.50. The highest BCUT2D eigenvalue weighted by molar-refractivity contribution is 8.16. The summed E-state index contributed by atoms with van der Waals surface area (Å²) >= 11 is 1.36. The van der Waals surface area contributed by atoms with Crippen LogP contribution in [-0.4, -0.2) is 36.2 Å². The van der Waals surface area contributed by atoms with E-state index in [1.54, 1.807) is 26.2 Å². The number of nitrogens with zero attached hydrogens (tertiary/aromatic N) is 2. The summed E-state index contributed by atoms with van der Waals surface area (Å²) in [6.07, 6.45) is -0.0334. The van der Waals surface area contributed by atoms with Crippen LogP contribution in [0.2, 0.25) is 0 Å². The third-order valence-corrected chi connectivity index (χ3v) is 6.19. The second-order valence-electron chi connectivity index (χ2n) is 7.37. The third kappa shape index (κ3) is 4.49. The Hall–Kier alpha value is -3.59. The van der Waals surface area contributed by atoms with Gasteiger partial charge >= 0.3 is 5.97 Å². The minimum absolute atomic E-state index is 0.0334. The smallest absolute Gasteiger partial charge is 0.338 e. The van der Waals surface area contributed by atoms with Crippen LogP contribution in [0.1, 0.15) is 24.9 Å². The number of allylic oxidation sites excluding steroid dienone is 1. The molecule has 9 heteroatoms. The molecule has 1 amide bonds. The number of thioether (sulfide) groups is 1. The molecule has 0 fully saturated rings. The topological polar surface area (TPSA) is 80.2 Å². The lowest BCUT2D eigenvalue weighted by atomic mass is 9.93. The lowest BCUT2D eigenvalue weighted by Gasteiger charge is -2.36. The first-order valence-electron chi connectivity index (χ1n) is 10.1. The Morgan fingerprint density at radius 1 is 1.18 bits per heavy atom. The Morgan fingerprint density at radius 2 is 1.97 bits per heavy atom.